The van der Waals surface area contributed by atoms with Crippen LogP contribution >= 0.6 is 0 Å². The van der Waals surface area contributed by atoms with Crippen LogP contribution in [-0.4, -0.2) is 40.1 Å². The van der Waals surface area contributed by atoms with Crippen molar-refractivity contribution in [1.82, 2.24) is 20.2 Å². The van der Waals surface area contributed by atoms with Crippen LogP contribution < -0.4 is 15.4 Å². The second-order valence-corrected chi connectivity index (χ2v) is 10.5. The Hall–Kier alpha value is -3.86. The lowest BCUT2D eigenvalue weighted by Crippen LogP contribution is -2.50. The second kappa shape index (κ2) is 12.6. The number of aryl methyl sites for hydroxylation is 1. The third-order valence-electron chi connectivity index (χ3n) is 7.20. The highest BCUT2D eigenvalue weighted by atomic mass is 16.5. The first-order valence-electron chi connectivity index (χ1n) is 13.5. The molecule has 8 nitrogen and oxygen atoms in total. The van der Waals surface area contributed by atoms with E-state index in [1.165, 1.54) is 0 Å². The van der Waals surface area contributed by atoms with Crippen LogP contribution in [0.1, 0.15) is 62.1 Å². The van der Waals surface area contributed by atoms with Gasteiger partial charge >= 0.3 is 0 Å². The smallest absolute Gasteiger partial charge is 0.268 e. The van der Waals surface area contributed by atoms with E-state index in [1.54, 1.807) is 6.20 Å². The monoisotopic (exact) mass is 515 g/mol. The van der Waals surface area contributed by atoms with Gasteiger partial charge in [0.2, 0.25) is 5.91 Å². The molecule has 0 aliphatic heterocycles. The first-order valence-corrected chi connectivity index (χ1v) is 13.5. The van der Waals surface area contributed by atoms with Crippen LogP contribution in [0.3, 0.4) is 0 Å². The number of nitrogens with zero attached hydrogens (tertiary/aromatic N) is 3. The van der Waals surface area contributed by atoms with Crippen molar-refractivity contribution in [3.8, 4) is 11.8 Å². The van der Waals surface area contributed by atoms with Gasteiger partial charge in [0.15, 0.2) is 0 Å². The van der Waals surface area contributed by atoms with Crippen LogP contribution in [0.25, 0.3) is 10.9 Å². The quantitative estimate of drug-likeness (QED) is 0.412. The third-order valence-corrected chi connectivity index (χ3v) is 7.20. The Balaban J connectivity index is 1.42. The van der Waals surface area contributed by atoms with E-state index < -0.39 is 6.04 Å². The first kappa shape index (κ1) is 27.2. The van der Waals surface area contributed by atoms with Crippen molar-refractivity contribution in [2.75, 3.05) is 6.61 Å². The van der Waals surface area contributed by atoms with Crippen LogP contribution in [-0.2, 0) is 18.3 Å². The van der Waals surface area contributed by atoms with E-state index in [4.69, 9.17) is 4.74 Å². The van der Waals surface area contributed by atoms with E-state index in [2.05, 4.69) is 21.7 Å². The van der Waals surface area contributed by atoms with Gasteiger partial charge in [-0.1, -0.05) is 32.8 Å². The van der Waals surface area contributed by atoms with Crippen LogP contribution in [0.2, 0.25) is 0 Å². The van der Waals surface area contributed by atoms with Crippen LogP contribution in [0, 0.1) is 23.2 Å². The third kappa shape index (κ3) is 6.71. The summed E-state index contributed by atoms with van der Waals surface area (Å²) in [5.41, 5.74) is 2.41. The molecule has 0 spiro atoms. The summed E-state index contributed by atoms with van der Waals surface area (Å²) in [6, 6.07) is 14.9. The van der Waals surface area contributed by atoms with E-state index in [0.717, 1.165) is 41.6 Å². The van der Waals surface area contributed by atoms with Gasteiger partial charge in [0, 0.05) is 42.9 Å². The molecule has 2 aromatic heterocycles. The molecule has 2 N–H and O–H groups in total. The number of nitriles is 1. The summed E-state index contributed by atoms with van der Waals surface area (Å²) in [4.78, 5) is 30.7. The van der Waals surface area contributed by atoms with E-state index in [-0.39, 0.29) is 23.8 Å². The molecule has 3 atom stereocenters. The maximum Gasteiger partial charge on any atom is 0.268 e. The molecule has 3 aromatic rings. The Labute approximate surface area is 224 Å². The number of fused-ring (bicyclic) bond motifs is 1. The second-order valence-electron chi connectivity index (χ2n) is 10.5. The Morgan fingerprint density at radius 2 is 2.00 bits per heavy atom. The maximum absolute atomic E-state index is 13.4. The number of hydrogen-bond acceptors (Lipinski definition) is 5. The van der Waals surface area contributed by atoms with Gasteiger partial charge in [-0.25, -0.2) is 0 Å². The topological polar surface area (TPSA) is 109 Å². The lowest BCUT2D eigenvalue weighted by Gasteiger charge is -2.32. The van der Waals surface area contributed by atoms with Crippen molar-refractivity contribution in [3.63, 3.8) is 0 Å². The zero-order chi connectivity index (χ0) is 27.1. The van der Waals surface area contributed by atoms with Gasteiger partial charge in [-0.15, -0.1) is 0 Å². The summed E-state index contributed by atoms with van der Waals surface area (Å²) >= 11 is 0. The van der Waals surface area contributed by atoms with Crippen LogP contribution in [0.15, 0.2) is 48.7 Å². The fraction of sp³-hybridized carbons (Fsp3) is 0.467. The standard InChI is InChI=1S/C30H37N5O3/c1-20(2)16-23(19-31)33-29(36)25-9-4-5-10-26(25)34-30(37)28-17-21-11-12-24(18-27(21)35(28)3)38-15-13-22-8-6-7-14-32-22/h6-8,11-12,14,17-18,20,23,25-26H,4-5,9-10,13,15-16H2,1-3H3,(H,33,36)(H,34,37)/t23-,25+,26?/m0/s1. The van der Waals surface area contributed by atoms with Gasteiger partial charge in [0.25, 0.3) is 5.91 Å². The molecule has 2 heterocycles. The molecule has 1 aromatic carbocycles. The van der Waals surface area contributed by atoms with E-state index >= 15 is 0 Å². The maximum atomic E-state index is 13.4. The molecule has 200 valence electrons. The zero-order valence-electron chi connectivity index (χ0n) is 22.4. The molecule has 4 rings (SSSR count). The Kier molecular flexibility index (Phi) is 9.01. The molecule has 38 heavy (non-hydrogen) atoms. The van der Waals surface area contributed by atoms with Gasteiger partial charge in [0.05, 0.1) is 24.1 Å². The fourth-order valence-electron chi connectivity index (χ4n) is 5.19. The number of carbonyl (C=O) groups is 2. The molecule has 1 saturated carbocycles. The molecule has 0 saturated heterocycles. The summed E-state index contributed by atoms with van der Waals surface area (Å²) in [6.07, 6.45) is 6.42. The highest BCUT2D eigenvalue weighted by molar-refractivity contribution is 5.99. The Morgan fingerprint density at radius 3 is 2.74 bits per heavy atom. The van der Waals surface area contributed by atoms with Gasteiger partial charge < -0.3 is 19.9 Å². The number of pyridine rings is 1. The average Bonchev–Trinajstić information content (AvgIpc) is 3.24. The normalized spacial score (nSPS) is 18.1. The zero-order valence-corrected chi connectivity index (χ0v) is 22.4. The number of nitrogens with one attached hydrogen (secondary N) is 2. The summed E-state index contributed by atoms with van der Waals surface area (Å²) in [5.74, 6) is 0.348. The average molecular weight is 516 g/mol. The molecule has 2 amide bonds. The van der Waals surface area contributed by atoms with Gasteiger partial charge in [-0.3, -0.25) is 14.6 Å². The number of benzene rings is 1. The molecule has 8 heteroatoms. The summed E-state index contributed by atoms with van der Waals surface area (Å²) in [6.45, 7) is 4.57. The summed E-state index contributed by atoms with van der Waals surface area (Å²) in [7, 11) is 1.86. The number of aromatic nitrogens is 2. The molecule has 0 bridgehead atoms. The van der Waals surface area contributed by atoms with Gasteiger partial charge in [0.1, 0.15) is 17.5 Å². The van der Waals surface area contributed by atoms with Crippen molar-refractivity contribution in [2.45, 2.75) is 64.5 Å². The fourth-order valence-corrected chi connectivity index (χ4v) is 5.19. The van der Waals surface area contributed by atoms with Crippen LogP contribution in [0.5, 0.6) is 5.75 Å². The molecule has 1 aliphatic rings. The largest absolute Gasteiger partial charge is 0.493 e. The predicted molar refractivity (Wildman–Crippen MR) is 147 cm³/mol. The SMILES string of the molecule is CC(C)C[C@@H](C#N)NC(=O)[C@@H]1CCCCC1NC(=O)c1cc2ccc(OCCc3ccccn3)cc2n1C. The van der Waals surface area contributed by atoms with Gasteiger partial charge in [-0.05, 0) is 55.5 Å². The minimum atomic E-state index is -0.515. The van der Waals surface area contributed by atoms with Crippen molar-refractivity contribution < 1.29 is 14.3 Å². The van der Waals surface area contributed by atoms with Crippen LogP contribution in [0.4, 0.5) is 0 Å². The van der Waals surface area contributed by atoms with Crippen molar-refractivity contribution in [3.05, 3.63) is 60.0 Å². The van der Waals surface area contributed by atoms with Crippen molar-refractivity contribution in [2.24, 2.45) is 18.9 Å². The lowest BCUT2D eigenvalue weighted by atomic mass is 9.83. The molecular formula is C30H37N5O3. The minimum absolute atomic E-state index is 0.147. The highest BCUT2D eigenvalue weighted by Crippen LogP contribution is 2.27. The molecule has 1 fully saturated rings. The predicted octanol–water partition coefficient (Wildman–Crippen LogP) is 4.54. The van der Waals surface area contributed by atoms with Gasteiger partial charge in [-0.2, -0.15) is 5.26 Å². The van der Waals surface area contributed by atoms with E-state index in [9.17, 15) is 14.9 Å². The lowest BCUT2D eigenvalue weighted by molar-refractivity contribution is -0.127. The van der Waals surface area contributed by atoms with E-state index in [0.29, 0.717) is 37.5 Å². The number of ether oxygens (including phenoxy) is 1. The van der Waals surface area contributed by atoms with Crippen molar-refractivity contribution >= 4 is 22.7 Å². The van der Waals surface area contributed by atoms with E-state index in [1.807, 2.05) is 67.9 Å². The Bertz CT molecular complexity index is 1290. The minimum Gasteiger partial charge on any atom is -0.493 e. The Morgan fingerprint density at radius 1 is 1.18 bits per heavy atom. The first-order chi connectivity index (χ1) is 18.4. The highest BCUT2D eigenvalue weighted by Gasteiger charge is 2.33. The number of rotatable bonds is 10. The molecule has 0 radical (unpaired) electrons. The number of amides is 2. The molecular weight excluding hydrogens is 478 g/mol. The van der Waals surface area contributed by atoms with Crippen molar-refractivity contribution in [1.29, 1.82) is 5.26 Å². The summed E-state index contributed by atoms with van der Waals surface area (Å²) in [5, 5.41) is 16.4. The molecule has 1 unspecified atom stereocenters. The number of hydrogen-bond donors (Lipinski definition) is 2. The molecule has 1 aliphatic carbocycles. The summed E-state index contributed by atoms with van der Waals surface area (Å²) < 4.78 is 7.81. The number of carbonyl (C=O) groups excluding carboxylic acids is 2.